The van der Waals surface area contributed by atoms with Gasteiger partial charge in [0.25, 0.3) is 5.91 Å². The van der Waals surface area contributed by atoms with E-state index in [-0.39, 0.29) is 5.91 Å². The zero-order chi connectivity index (χ0) is 19.7. The summed E-state index contributed by atoms with van der Waals surface area (Å²) >= 11 is 0. The highest BCUT2D eigenvalue weighted by Gasteiger charge is 2.23. The number of fused-ring (bicyclic) bond motifs is 1. The summed E-state index contributed by atoms with van der Waals surface area (Å²) in [5.74, 6) is 1.63. The van der Waals surface area contributed by atoms with E-state index in [1.165, 1.54) is 0 Å². The number of rotatable bonds is 5. The maximum atomic E-state index is 13.1. The molecular formula is C22H25NO4. The van der Waals surface area contributed by atoms with Crippen molar-refractivity contribution in [2.24, 2.45) is 0 Å². The van der Waals surface area contributed by atoms with Crippen molar-refractivity contribution in [3.05, 3.63) is 58.3 Å². The van der Waals surface area contributed by atoms with E-state index < -0.39 is 0 Å². The number of hydrogen-bond donors (Lipinski definition) is 0. The predicted molar refractivity (Wildman–Crippen MR) is 106 cm³/mol. The molecule has 5 heteroatoms. The zero-order valence-electron chi connectivity index (χ0n) is 16.7. The molecule has 0 radical (unpaired) electrons. The van der Waals surface area contributed by atoms with Gasteiger partial charge in [-0.25, -0.2) is 0 Å². The Kier molecular flexibility index (Phi) is 5.13. The predicted octanol–water partition coefficient (Wildman–Crippen LogP) is 4.65. The number of nitrogens with zero attached hydrogens (tertiary/aromatic N) is 1. The topological polar surface area (TPSA) is 51.9 Å². The summed E-state index contributed by atoms with van der Waals surface area (Å²) < 4.78 is 16.6. The molecule has 3 aromatic rings. The number of amides is 1. The van der Waals surface area contributed by atoms with E-state index in [0.29, 0.717) is 23.8 Å². The second-order valence-electron chi connectivity index (χ2n) is 6.80. The fourth-order valence-electron chi connectivity index (χ4n) is 3.36. The molecule has 27 heavy (non-hydrogen) atoms. The van der Waals surface area contributed by atoms with Gasteiger partial charge in [-0.05, 0) is 44.0 Å². The highest BCUT2D eigenvalue weighted by Crippen LogP contribution is 2.32. The first-order chi connectivity index (χ1) is 12.9. The van der Waals surface area contributed by atoms with Gasteiger partial charge in [-0.1, -0.05) is 12.1 Å². The Balaban J connectivity index is 1.93. The molecular weight excluding hydrogens is 342 g/mol. The van der Waals surface area contributed by atoms with Crippen LogP contribution in [-0.2, 0) is 6.54 Å². The first kappa shape index (κ1) is 18.8. The third-order valence-electron chi connectivity index (χ3n) is 4.93. The molecule has 3 rings (SSSR count). The molecule has 0 aliphatic rings. The van der Waals surface area contributed by atoms with Gasteiger partial charge in [0.15, 0.2) is 5.76 Å². The summed E-state index contributed by atoms with van der Waals surface area (Å²) in [6.45, 7) is 6.36. The van der Waals surface area contributed by atoms with Gasteiger partial charge in [0.05, 0.1) is 14.2 Å². The zero-order valence-corrected chi connectivity index (χ0v) is 16.7. The van der Waals surface area contributed by atoms with Crippen molar-refractivity contribution >= 4 is 16.9 Å². The molecule has 0 fully saturated rings. The van der Waals surface area contributed by atoms with E-state index in [0.717, 1.165) is 33.2 Å². The smallest absolute Gasteiger partial charge is 0.289 e. The molecule has 2 aromatic carbocycles. The molecule has 0 aliphatic carbocycles. The third kappa shape index (κ3) is 3.37. The molecule has 0 aliphatic heterocycles. The molecule has 1 aromatic heterocycles. The van der Waals surface area contributed by atoms with Gasteiger partial charge in [-0.2, -0.15) is 0 Å². The molecule has 0 saturated heterocycles. The normalized spacial score (nSPS) is 10.9. The molecule has 0 bridgehead atoms. The van der Waals surface area contributed by atoms with Crippen LogP contribution in [0.15, 0.2) is 34.7 Å². The minimum Gasteiger partial charge on any atom is -0.497 e. The summed E-state index contributed by atoms with van der Waals surface area (Å²) in [6, 6.07) is 9.64. The van der Waals surface area contributed by atoms with Crippen LogP contribution in [0.5, 0.6) is 11.5 Å². The fraction of sp³-hybridized carbons (Fsp3) is 0.318. The maximum absolute atomic E-state index is 13.1. The molecule has 1 amide bonds. The van der Waals surface area contributed by atoms with Crippen molar-refractivity contribution in [3.63, 3.8) is 0 Å². The Morgan fingerprint density at radius 1 is 1.04 bits per heavy atom. The van der Waals surface area contributed by atoms with Crippen LogP contribution in [0.1, 0.15) is 32.8 Å². The molecule has 0 spiro atoms. The minimum atomic E-state index is -0.152. The van der Waals surface area contributed by atoms with Gasteiger partial charge in [0.1, 0.15) is 17.1 Å². The molecule has 0 N–H and O–H groups in total. The number of methoxy groups -OCH3 is 2. The molecule has 142 valence electrons. The van der Waals surface area contributed by atoms with E-state index in [9.17, 15) is 4.79 Å². The van der Waals surface area contributed by atoms with E-state index in [1.54, 1.807) is 26.2 Å². The third-order valence-corrected chi connectivity index (χ3v) is 4.93. The number of aryl methyl sites for hydroxylation is 3. The summed E-state index contributed by atoms with van der Waals surface area (Å²) in [4.78, 5) is 14.7. The van der Waals surface area contributed by atoms with Gasteiger partial charge in [0.2, 0.25) is 0 Å². The minimum absolute atomic E-state index is 0.152. The van der Waals surface area contributed by atoms with Crippen LogP contribution in [0.2, 0.25) is 0 Å². The lowest BCUT2D eigenvalue weighted by molar-refractivity contribution is 0.0754. The van der Waals surface area contributed by atoms with Crippen molar-refractivity contribution in [2.45, 2.75) is 27.3 Å². The maximum Gasteiger partial charge on any atom is 0.289 e. The Labute approximate surface area is 159 Å². The van der Waals surface area contributed by atoms with Crippen LogP contribution in [0.4, 0.5) is 0 Å². The van der Waals surface area contributed by atoms with Crippen LogP contribution < -0.4 is 9.47 Å². The summed E-state index contributed by atoms with van der Waals surface area (Å²) in [5.41, 5.74) is 4.69. The fourth-order valence-corrected chi connectivity index (χ4v) is 3.36. The van der Waals surface area contributed by atoms with Crippen molar-refractivity contribution < 1.29 is 18.7 Å². The average Bonchev–Trinajstić information content (AvgIpc) is 3.03. The van der Waals surface area contributed by atoms with Crippen molar-refractivity contribution in [1.29, 1.82) is 0 Å². The van der Waals surface area contributed by atoms with Gasteiger partial charge in [-0.3, -0.25) is 4.79 Å². The van der Waals surface area contributed by atoms with E-state index >= 15 is 0 Å². The van der Waals surface area contributed by atoms with Crippen LogP contribution in [0.25, 0.3) is 11.0 Å². The molecule has 5 nitrogen and oxygen atoms in total. The molecule has 0 atom stereocenters. The van der Waals surface area contributed by atoms with Gasteiger partial charge < -0.3 is 18.8 Å². The summed E-state index contributed by atoms with van der Waals surface area (Å²) in [7, 11) is 4.98. The second-order valence-corrected chi connectivity index (χ2v) is 6.80. The average molecular weight is 367 g/mol. The molecule has 0 saturated carbocycles. The molecule has 0 unspecified atom stereocenters. The van der Waals surface area contributed by atoms with Crippen LogP contribution in [0.3, 0.4) is 0 Å². The lowest BCUT2D eigenvalue weighted by Gasteiger charge is -2.18. The second kappa shape index (κ2) is 7.35. The highest BCUT2D eigenvalue weighted by molar-refractivity contribution is 6.00. The number of carbonyl (C=O) groups is 1. The largest absolute Gasteiger partial charge is 0.497 e. The van der Waals surface area contributed by atoms with Crippen LogP contribution >= 0.6 is 0 Å². The van der Waals surface area contributed by atoms with Crippen LogP contribution in [0, 0.1) is 20.8 Å². The van der Waals surface area contributed by atoms with Crippen molar-refractivity contribution in [1.82, 2.24) is 4.90 Å². The highest BCUT2D eigenvalue weighted by atomic mass is 16.5. The Morgan fingerprint density at radius 3 is 2.37 bits per heavy atom. The molecule has 1 heterocycles. The van der Waals surface area contributed by atoms with Crippen molar-refractivity contribution in [3.8, 4) is 11.5 Å². The summed E-state index contributed by atoms with van der Waals surface area (Å²) in [6.07, 6.45) is 0. The number of hydrogen-bond acceptors (Lipinski definition) is 4. The number of ether oxygens (including phenoxy) is 2. The number of benzene rings is 2. The van der Waals surface area contributed by atoms with Gasteiger partial charge >= 0.3 is 0 Å². The van der Waals surface area contributed by atoms with Crippen LogP contribution in [-0.4, -0.2) is 32.1 Å². The Hall–Kier alpha value is -2.95. The van der Waals surface area contributed by atoms with E-state index in [2.05, 4.69) is 6.07 Å². The lowest BCUT2D eigenvalue weighted by Crippen LogP contribution is -2.26. The van der Waals surface area contributed by atoms with E-state index in [4.69, 9.17) is 13.9 Å². The first-order valence-electron chi connectivity index (χ1n) is 8.83. The van der Waals surface area contributed by atoms with E-state index in [1.807, 2.05) is 45.0 Å². The lowest BCUT2D eigenvalue weighted by atomic mass is 10.0. The standard InChI is InChI=1S/C22H25NO4/c1-13-7-8-14(2)20-19(13)15(3)21(27-20)22(24)23(4)12-16-9-10-17(25-5)11-18(16)26-6/h7-11H,12H2,1-6H3. The first-order valence-corrected chi connectivity index (χ1v) is 8.83. The monoisotopic (exact) mass is 367 g/mol. The van der Waals surface area contributed by atoms with Gasteiger partial charge in [0, 0.05) is 36.2 Å². The van der Waals surface area contributed by atoms with Crippen molar-refractivity contribution in [2.75, 3.05) is 21.3 Å². The van der Waals surface area contributed by atoms with Gasteiger partial charge in [-0.15, -0.1) is 0 Å². The Bertz CT molecular complexity index is 1000. The number of carbonyl (C=O) groups excluding carboxylic acids is 1. The summed E-state index contributed by atoms with van der Waals surface area (Å²) in [5, 5.41) is 1.02. The number of furan rings is 1. The Morgan fingerprint density at radius 2 is 1.74 bits per heavy atom. The quantitative estimate of drug-likeness (QED) is 0.659. The SMILES string of the molecule is COc1ccc(CN(C)C(=O)c2oc3c(C)ccc(C)c3c2C)c(OC)c1.